The highest BCUT2D eigenvalue weighted by Crippen LogP contribution is 2.36. The Bertz CT molecular complexity index is 1720. The lowest BCUT2D eigenvalue weighted by atomic mass is 9.98. The number of likely N-dealkylation sites (tertiary alicyclic amines) is 2. The average molecular weight is 673 g/mol. The molecule has 3 aromatic rings. The summed E-state index contributed by atoms with van der Waals surface area (Å²) in [4.78, 5) is 46.5. The molecule has 2 aliphatic heterocycles. The second kappa shape index (κ2) is 13.8. The number of aliphatic imine (C=N–C) groups is 1. The Morgan fingerprint density at radius 1 is 0.939 bits per heavy atom. The lowest BCUT2D eigenvalue weighted by Crippen LogP contribution is -2.28. The number of hydrogen-bond donors (Lipinski definition) is 1. The molecule has 4 aliphatic rings. The zero-order valence-electron chi connectivity index (χ0n) is 27.1. The number of hydrogen-bond acceptors (Lipinski definition) is 5. The minimum absolute atomic E-state index is 0.0131. The highest BCUT2D eigenvalue weighted by atomic mass is 19.4. The van der Waals surface area contributed by atoms with E-state index < -0.39 is 24.5 Å². The molecule has 2 saturated carbocycles. The molecule has 2 unspecified atom stereocenters. The number of alkyl halides is 3. The van der Waals surface area contributed by atoms with Gasteiger partial charge in [0.15, 0.2) is 0 Å². The summed E-state index contributed by atoms with van der Waals surface area (Å²) in [5.41, 5.74) is 2.57. The average Bonchev–Trinajstić information content (AvgIpc) is 4.02. The fourth-order valence-electron chi connectivity index (χ4n) is 6.77. The number of nitrogens with one attached hydrogen (secondary N) is 1. The van der Waals surface area contributed by atoms with Crippen LogP contribution < -0.4 is 10.1 Å². The first kappa shape index (κ1) is 33.0. The molecule has 0 radical (unpaired) electrons. The van der Waals surface area contributed by atoms with Crippen LogP contribution in [0.4, 0.5) is 13.2 Å². The van der Waals surface area contributed by atoms with Crippen LogP contribution in [0.15, 0.2) is 77.8 Å². The minimum atomic E-state index is -4.32. The van der Waals surface area contributed by atoms with Crippen molar-refractivity contribution in [1.82, 2.24) is 15.1 Å². The van der Waals surface area contributed by atoms with E-state index in [1.807, 2.05) is 35.2 Å². The van der Waals surface area contributed by atoms with Crippen LogP contribution in [-0.4, -0.2) is 65.1 Å². The molecule has 256 valence electrons. The number of nitrogens with zero attached hydrogens (tertiary/aromatic N) is 3. The van der Waals surface area contributed by atoms with Crippen LogP contribution >= 0.6 is 0 Å². The number of halogens is 3. The van der Waals surface area contributed by atoms with E-state index in [2.05, 4.69) is 10.3 Å². The molecule has 8 nitrogen and oxygen atoms in total. The molecule has 2 heterocycles. The standard InChI is InChI=1S/C38H39F3N4O4/c39-38(40,41)19-33(43-30-10-11-30)26-8-14-32(15-9-26)49-34-17-27(37(48)42-20-24-16-36(47)45(21-24)31-12-13-31)6-7-28(34)22-44-23-29(18-35(44)46)25-4-2-1-3-5-25/h1-9,14-15,17,20,24,29-31,33,43H,10-13,16,18-19,21-23H2/t24?,29-,33?/m1/s1. The summed E-state index contributed by atoms with van der Waals surface area (Å²) in [6, 6.07) is 20.9. The lowest BCUT2D eigenvalue weighted by molar-refractivity contribution is -0.140. The Kier molecular flexibility index (Phi) is 9.28. The Morgan fingerprint density at radius 3 is 2.39 bits per heavy atom. The third-order valence-corrected chi connectivity index (χ3v) is 9.70. The van der Waals surface area contributed by atoms with Crippen molar-refractivity contribution in [3.05, 3.63) is 95.1 Å². The molecular weight excluding hydrogens is 633 g/mol. The number of benzene rings is 3. The molecule has 0 aromatic heterocycles. The van der Waals surface area contributed by atoms with E-state index in [-0.39, 0.29) is 41.8 Å². The normalized spacial score (nSPS) is 21.9. The lowest BCUT2D eigenvalue weighted by Gasteiger charge is -2.21. The van der Waals surface area contributed by atoms with Crippen molar-refractivity contribution in [2.75, 3.05) is 13.1 Å². The number of carbonyl (C=O) groups excluding carboxylic acids is 3. The maximum atomic E-state index is 13.4. The zero-order chi connectivity index (χ0) is 34.1. The van der Waals surface area contributed by atoms with Gasteiger partial charge in [0, 0.05) is 79.8 Å². The Labute approximate surface area is 283 Å². The van der Waals surface area contributed by atoms with Crippen LogP contribution in [0.3, 0.4) is 0 Å². The van der Waals surface area contributed by atoms with Gasteiger partial charge >= 0.3 is 6.18 Å². The molecule has 3 aromatic carbocycles. The summed E-state index contributed by atoms with van der Waals surface area (Å²) >= 11 is 0. The molecule has 1 N–H and O–H groups in total. The Balaban J connectivity index is 1.10. The summed E-state index contributed by atoms with van der Waals surface area (Å²) < 4.78 is 46.4. The van der Waals surface area contributed by atoms with Crippen LogP contribution in [-0.2, 0) is 16.1 Å². The predicted octanol–water partition coefficient (Wildman–Crippen LogP) is 6.96. The summed E-state index contributed by atoms with van der Waals surface area (Å²) in [5.74, 6) is 0.300. The van der Waals surface area contributed by atoms with Crippen molar-refractivity contribution in [3.63, 3.8) is 0 Å². The largest absolute Gasteiger partial charge is 0.457 e. The summed E-state index contributed by atoms with van der Waals surface area (Å²) in [6.07, 6.45) is 0.772. The van der Waals surface area contributed by atoms with E-state index in [9.17, 15) is 27.6 Å². The zero-order valence-corrected chi connectivity index (χ0v) is 27.1. The maximum absolute atomic E-state index is 13.4. The monoisotopic (exact) mass is 672 g/mol. The molecule has 49 heavy (non-hydrogen) atoms. The first-order valence-corrected chi connectivity index (χ1v) is 17.0. The van der Waals surface area contributed by atoms with E-state index in [0.29, 0.717) is 54.6 Å². The molecule has 2 aliphatic carbocycles. The molecule has 7 rings (SSSR count). The molecule has 3 atom stereocenters. The van der Waals surface area contributed by atoms with Crippen molar-refractivity contribution in [2.24, 2.45) is 10.9 Å². The van der Waals surface area contributed by atoms with Crippen molar-refractivity contribution in [1.29, 1.82) is 0 Å². The van der Waals surface area contributed by atoms with Gasteiger partial charge in [0.2, 0.25) is 11.8 Å². The fraction of sp³-hybridized carbons (Fsp3) is 0.421. The molecular formula is C38H39F3N4O4. The van der Waals surface area contributed by atoms with E-state index in [0.717, 1.165) is 31.2 Å². The van der Waals surface area contributed by atoms with Crippen LogP contribution in [0.25, 0.3) is 0 Å². The van der Waals surface area contributed by atoms with Gasteiger partial charge in [0.05, 0.1) is 6.42 Å². The van der Waals surface area contributed by atoms with E-state index in [1.54, 1.807) is 53.6 Å². The van der Waals surface area contributed by atoms with Gasteiger partial charge in [-0.05, 0) is 61.1 Å². The minimum Gasteiger partial charge on any atom is -0.457 e. The maximum Gasteiger partial charge on any atom is 0.390 e. The number of rotatable bonds is 12. The van der Waals surface area contributed by atoms with E-state index in [1.165, 1.54) is 0 Å². The first-order chi connectivity index (χ1) is 23.6. The van der Waals surface area contributed by atoms with Gasteiger partial charge < -0.3 is 19.9 Å². The smallest absolute Gasteiger partial charge is 0.390 e. The summed E-state index contributed by atoms with van der Waals surface area (Å²) in [6.45, 7) is 1.36. The number of amides is 3. The topological polar surface area (TPSA) is 91.3 Å². The van der Waals surface area contributed by atoms with Crippen molar-refractivity contribution < 1.29 is 32.3 Å². The number of ether oxygens (including phenoxy) is 1. The van der Waals surface area contributed by atoms with Gasteiger partial charge in [-0.15, -0.1) is 0 Å². The molecule has 0 bridgehead atoms. The first-order valence-electron chi connectivity index (χ1n) is 17.0. The van der Waals surface area contributed by atoms with Gasteiger partial charge in [0.1, 0.15) is 11.5 Å². The second-order valence-electron chi connectivity index (χ2n) is 13.7. The Morgan fingerprint density at radius 2 is 1.69 bits per heavy atom. The van der Waals surface area contributed by atoms with E-state index in [4.69, 9.17) is 4.74 Å². The Hall–Kier alpha value is -4.51. The van der Waals surface area contributed by atoms with Crippen molar-refractivity contribution >= 4 is 23.9 Å². The van der Waals surface area contributed by atoms with Crippen molar-refractivity contribution in [2.45, 2.75) is 81.7 Å². The van der Waals surface area contributed by atoms with Crippen LogP contribution in [0.5, 0.6) is 11.5 Å². The molecule has 2 saturated heterocycles. The third-order valence-electron chi connectivity index (χ3n) is 9.70. The molecule has 4 fully saturated rings. The van der Waals surface area contributed by atoms with Gasteiger partial charge in [-0.3, -0.25) is 14.4 Å². The summed E-state index contributed by atoms with van der Waals surface area (Å²) in [7, 11) is 0. The van der Waals surface area contributed by atoms with Gasteiger partial charge in [-0.25, -0.2) is 4.99 Å². The van der Waals surface area contributed by atoms with Crippen LogP contribution in [0, 0.1) is 5.92 Å². The third kappa shape index (κ3) is 8.39. The molecule has 11 heteroatoms. The predicted molar refractivity (Wildman–Crippen MR) is 177 cm³/mol. The molecule has 3 amide bonds. The fourth-order valence-corrected chi connectivity index (χ4v) is 6.77. The van der Waals surface area contributed by atoms with Crippen LogP contribution in [0.1, 0.15) is 84.0 Å². The second-order valence-corrected chi connectivity index (χ2v) is 13.7. The van der Waals surface area contributed by atoms with Gasteiger partial charge in [-0.2, -0.15) is 13.2 Å². The number of carbonyl (C=O) groups is 3. The van der Waals surface area contributed by atoms with Crippen molar-refractivity contribution in [3.8, 4) is 11.5 Å². The molecule has 0 spiro atoms. The van der Waals surface area contributed by atoms with Gasteiger partial charge in [0.25, 0.3) is 5.91 Å². The van der Waals surface area contributed by atoms with Gasteiger partial charge in [-0.1, -0.05) is 48.5 Å². The van der Waals surface area contributed by atoms with E-state index >= 15 is 0 Å². The highest BCUT2D eigenvalue weighted by molar-refractivity contribution is 6.00. The van der Waals surface area contributed by atoms with Crippen LogP contribution in [0.2, 0.25) is 0 Å². The highest BCUT2D eigenvalue weighted by Gasteiger charge is 2.39. The summed E-state index contributed by atoms with van der Waals surface area (Å²) in [5, 5.41) is 3.10. The quantitative estimate of drug-likeness (QED) is 0.210. The SMILES string of the molecule is O=C(N=CC1CC(=O)N(C2CC2)C1)c1ccc(CN2C[C@H](c3ccccc3)CC2=O)c(Oc2ccc(C(CC(F)(F)F)NC3CC3)cc2)c1.